The van der Waals surface area contributed by atoms with E-state index in [0.717, 1.165) is 17.0 Å². The minimum Gasteiger partial charge on any atom is -0.488 e. The van der Waals surface area contributed by atoms with E-state index in [4.69, 9.17) is 9.47 Å². The van der Waals surface area contributed by atoms with Gasteiger partial charge in [0.1, 0.15) is 11.4 Å². The van der Waals surface area contributed by atoms with Gasteiger partial charge in [-0.05, 0) is 32.9 Å². The highest BCUT2D eigenvalue weighted by Gasteiger charge is 2.14. The summed E-state index contributed by atoms with van der Waals surface area (Å²) >= 11 is 0. The Balaban J connectivity index is 0.00000364. The Bertz CT molecular complexity index is 745. The normalized spacial score (nSPS) is 11.4. The number of benzene rings is 1. The molecule has 1 heterocycles. The van der Waals surface area contributed by atoms with Gasteiger partial charge < -0.3 is 20.1 Å². The zero-order valence-corrected chi connectivity index (χ0v) is 18.9. The molecular weight excluding hydrogens is 455 g/mol. The number of nitrogens with zero attached hydrogens (tertiary/aromatic N) is 2. The minimum absolute atomic E-state index is 0. The van der Waals surface area contributed by atoms with Crippen molar-refractivity contribution in [2.75, 3.05) is 14.2 Å². The molecule has 1 aromatic carbocycles. The van der Waals surface area contributed by atoms with Crippen LogP contribution >= 0.6 is 24.0 Å². The maximum absolute atomic E-state index is 6.03. The Labute approximate surface area is 178 Å². The molecular formula is C20H29IN4O2. The predicted molar refractivity (Wildman–Crippen MR) is 120 cm³/mol. The smallest absolute Gasteiger partial charge is 0.213 e. The summed E-state index contributed by atoms with van der Waals surface area (Å²) in [5, 5.41) is 6.57. The van der Waals surface area contributed by atoms with Crippen LogP contribution in [0.1, 0.15) is 32.0 Å². The third kappa shape index (κ3) is 8.03. The lowest BCUT2D eigenvalue weighted by atomic mass is 10.1. The summed E-state index contributed by atoms with van der Waals surface area (Å²) in [6.07, 6.45) is 0. The molecule has 27 heavy (non-hydrogen) atoms. The number of para-hydroxylation sites is 1. The summed E-state index contributed by atoms with van der Waals surface area (Å²) in [5.41, 5.74) is 1.71. The van der Waals surface area contributed by atoms with Crippen LogP contribution in [0.5, 0.6) is 11.6 Å². The number of pyridine rings is 1. The first-order chi connectivity index (χ1) is 12.4. The van der Waals surface area contributed by atoms with Crippen LogP contribution in [0.25, 0.3) is 0 Å². The van der Waals surface area contributed by atoms with Gasteiger partial charge in [-0.3, -0.25) is 4.99 Å². The van der Waals surface area contributed by atoms with Crippen molar-refractivity contribution in [2.45, 2.75) is 39.5 Å². The van der Waals surface area contributed by atoms with Crippen LogP contribution in [0.3, 0.4) is 0 Å². The predicted octanol–water partition coefficient (Wildman–Crippen LogP) is 3.75. The average Bonchev–Trinajstić information content (AvgIpc) is 2.62. The van der Waals surface area contributed by atoms with Crippen molar-refractivity contribution < 1.29 is 9.47 Å². The highest BCUT2D eigenvalue weighted by molar-refractivity contribution is 14.0. The molecule has 1 aromatic heterocycles. The van der Waals surface area contributed by atoms with Gasteiger partial charge in [-0.15, -0.1) is 24.0 Å². The number of aliphatic imine (C=N–C) groups is 1. The first-order valence-electron chi connectivity index (χ1n) is 8.62. The van der Waals surface area contributed by atoms with Crippen molar-refractivity contribution >= 4 is 29.9 Å². The molecule has 2 rings (SSSR count). The minimum atomic E-state index is -0.242. The van der Waals surface area contributed by atoms with Gasteiger partial charge in [-0.1, -0.05) is 24.3 Å². The highest BCUT2D eigenvalue weighted by atomic mass is 127. The van der Waals surface area contributed by atoms with E-state index in [1.165, 1.54) is 0 Å². The standard InChI is InChI=1S/C20H28N4O2.HI/c1-20(2,3)26-17-11-7-6-9-15(17)13-22-19(21-4)23-14-16-10-8-12-18(24-16)25-5;/h6-12H,13-14H2,1-5H3,(H2,21,22,23);1H. The largest absolute Gasteiger partial charge is 0.488 e. The Morgan fingerprint density at radius 3 is 2.41 bits per heavy atom. The van der Waals surface area contributed by atoms with E-state index < -0.39 is 0 Å². The van der Waals surface area contributed by atoms with Gasteiger partial charge in [0.05, 0.1) is 19.3 Å². The van der Waals surface area contributed by atoms with Gasteiger partial charge in [-0.2, -0.15) is 0 Å². The van der Waals surface area contributed by atoms with E-state index in [2.05, 4.69) is 20.6 Å². The zero-order chi connectivity index (χ0) is 19.0. The van der Waals surface area contributed by atoms with Crippen LogP contribution in [0.2, 0.25) is 0 Å². The fraction of sp³-hybridized carbons (Fsp3) is 0.400. The molecule has 0 bridgehead atoms. The van der Waals surface area contributed by atoms with Crippen LogP contribution in [0.4, 0.5) is 0 Å². The fourth-order valence-corrected chi connectivity index (χ4v) is 2.32. The molecule has 0 spiro atoms. The molecule has 2 aromatic rings. The van der Waals surface area contributed by atoms with E-state index in [-0.39, 0.29) is 29.6 Å². The molecule has 7 heteroatoms. The Kier molecular flexibility index (Phi) is 9.34. The number of halogens is 1. The molecule has 0 saturated carbocycles. The topological polar surface area (TPSA) is 67.8 Å². The average molecular weight is 484 g/mol. The third-order valence-electron chi connectivity index (χ3n) is 3.49. The Morgan fingerprint density at radius 2 is 1.74 bits per heavy atom. The quantitative estimate of drug-likeness (QED) is 0.372. The molecule has 0 unspecified atom stereocenters. The number of ether oxygens (including phenoxy) is 2. The molecule has 0 fully saturated rings. The maximum Gasteiger partial charge on any atom is 0.213 e. The lowest BCUT2D eigenvalue weighted by Crippen LogP contribution is -2.36. The van der Waals surface area contributed by atoms with E-state index >= 15 is 0 Å². The first-order valence-corrected chi connectivity index (χ1v) is 8.62. The van der Waals surface area contributed by atoms with Crippen molar-refractivity contribution in [1.29, 1.82) is 0 Å². The third-order valence-corrected chi connectivity index (χ3v) is 3.49. The monoisotopic (exact) mass is 484 g/mol. The molecule has 0 radical (unpaired) electrons. The summed E-state index contributed by atoms with van der Waals surface area (Å²) in [6.45, 7) is 7.28. The molecule has 0 saturated heterocycles. The second-order valence-corrected chi connectivity index (χ2v) is 6.77. The molecule has 0 amide bonds. The molecule has 0 atom stereocenters. The molecule has 0 aliphatic carbocycles. The van der Waals surface area contributed by atoms with Crippen LogP contribution in [-0.4, -0.2) is 30.7 Å². The summed E-state index contributed by atoms with van der Waals surface area (Å²) in [5.74, 6) is 2.16. The number of guanidine groups is 1. The molecule has 0 aliphatic rings. The van der Waals surface area contributed by atoms with Crippen LogP contribution in [0, 0.1) is 0 Å². The van der Waals surface area contributed by atoms with Gasteiger partial charge in [-0.25, -0.2) is 4.98 Å². The second kappa shape index (κ2) is 11.0. The van der Waals surface area contributed by atoms with E-state index in [1.54, 1.807) is 14.2 Å². The highest BCUT2D eigenvalue weighted by Crippen LogP contribution is 2.22. The van der Waals surface area contributed by atoms with Crippen LogP contribution in [0.15, 0.2) is 47.5 Å². The molecule has 6 nitrogen and oxygen atoms in total. The van der Waals surface area contributed by atoms with Crippen LogP contribution < -0.4 is 20.1 Å². The number of hydrogen-bond acceptors (Lipinski definition) is 4. The summed E-state index contributed by atoms with van der Waals surface area (Å²) < 4.78 is 11.2. The Morgan fingerprint density at radius 1 is 1.04 bits per heavy atom. The van der Waals surface area contributed by atoms with Crippen molar-refractivity contribution in [3.63, 3.8) is 0 Å². The number of hydrogen-bond donors (Lipinski definition) is 2. The van der Waals surface area contributed by atoms with E-state index in [1.807, 2.05) is 63.2 Å². The van der Waals surface area contributed by atoms with Gasteiger partial charge in [0.15, 0.2) is 5.96 Å². The second-order valence-electron chi connectivity index (χ2n) is 6.77. The SMILES string of the molecule is CN=C(NCc1cccc(OC)n1)NCc1ccccc1OC(C)(C)C.I. The van der Waals surface area contributed by atoms with Crippen molar-refractivity contribution in [3.8, 4) is 11.6 Å². The molecule has 148 valence electrons. The molecule has 2 N–H and O–H groups in total. The van der Waals surface area contributed by atoms with Gasteiger partial charge in [0.2, 0.25) is 5.88 Å². The zero-order valence-electron chi connectivity index (χ0n) is 16.6. The lowest BCUT2D eigenvalue weighted by Gasteiger charge is -2.23. The maximum atomic E-state index is 6.03. The van der Waals surface area contributed by atoms with Gasteiger partial charge >= 0.3 is 0 Å². The van der Waals surface area contributed by atoms with E-state index in [0.29, 0.717) is 24.9 Å². The van der Waals surface area contributed by atoms with Crippen molar-refractivity contribution in [3.05, 3.63) is 53.7 Å². The molecule has 0 aliphatic heterocycles. The number of aromatic nitrogens is 1. The van der Waals surface area contributed by atoms with Crippen molar-refractivity contribution in [1.82, 2.24) is 15.6 Å². The van der Waals surface area contributed by atoms with E-state index in [9.17, 15) is 0 Å². The van der Waals surface area contributed by atoms with Crippen LogP contribution in [-0.2, 0) is 13.1 Å². The van der Waals surface area contributed by atoms with Gasteiger partial charge in [0.25, 0.3) is 0 Å². The number of nitrogens with one attached hydrogen (secondary N) is 2. The Hall–Kier alpha value is -2.03. The number of rotatable bonds is 6. The van der Waals surface area contributed by atoms with Gasteiger partial charge in [0, 0.05) is 25.2 Å². The lowest BCUT2D eigenvalue weighted by molar-refractivity contribution is 0.129. The first kappa shape index (κ1) is 23.0. The number of methoxy groups -OCH3 is 1. The summed E-state index contributed by atoms with van der Waals surface area (Å²) in [6, 6.07) is 13.7. The fourth-order valence-electron chi connectivity index (χ4n) is 2.32. The van der Waals surface area contributed by atoms with Crippen molar-refractivity contribution in [2.24, 2.45) is 4.99 Å². The summed E-state index contributed by atoms with van der Waals surface area (Å²) in [4.78, 5) is 8.64. The summed E-state index contributed by atoms with van der Waals surface area (Å²) in [7, 11) is 3.35.